The Morgan fingerprint density at radius 1 is 1.04 bits per heavy atom. The predicted molar refractivity (Wildman–Crippen MR) is 111 cm³/mol. The maximum Gasteiger partial charge on any atom is 0.275 e. The minimum Gasteiger partial charge on any atom is -0.507 e. The van der Waals surface area contributed by atoms with Crippen LogP contribution in [0.3, 0.4) is 0 Å². The van der Waals surface area contributed by atoms with Crippen molar-refractivity contribution in [1.29, 1.82) is 0 Å². The van der Waals surface area contributed by atoms with Crippen molar-refractivity contribution in [2.75, 3.05) is 18.0 Å². The van der Waals surface area contributed by atoms with Gasteiger partial charge in [-0.25, -0.2) is 5.43 Å². The lowest BCUT2D eigenvalue weighted by molar-refractivity contribution is 0.0952. The number of nitrogens with zero attached hydrogens (tertiary/aromatic N) is 2. The first-order valence-electron chi connectivity index (χ1n) is 9.02. The van der Waals surface area contributed by atoms with Crippen molar-refractivity contribution in [2.24, 2.45) is 5.10 Å². The van der Waals surface area contributed by atoms with Crippen LogP contribution in [0.25, 0.3) is 10.8 Å². The molecule has 27 heavy (non-hydrogen) atoms. The lowest BCUT2D eigenvalue weighted by Gasteiger charge is -2.20. The number of phenols is 1. The molecule has 0 spiro atoms. The van der Waals surface area contributed by atoms with Gasteiger partial charge in [0.25, 0.3) is 5.91 Å². The van der Waals surface area contributed by atoms with Crippen molar-refractivity contribution in [1.82, 2.24) is 5.43 Å². The summed E-state index contributed by atoms with van der Waals surface area (Å²) in [6.07, 6.45) is 1.59. The molecule has 3 rings (SSSR count). The number of phenolic OH excluding ortho intramolecular Hbond substituents is 1. The number of nitrogens with one attached hydrogen (secondary N) is 1. The van der Waals surface area contributed by atoms with E-state index in [-0.39, 0.29) is 11.3 Å². The van der Waals surface area contributed by atoms with E-state index in [4.69, 9.17) is 0 Å². The van der Waals surface area contributed by atoms with Crippen LogP contribution in [0, 0.1) is 0 Å². The number of aromatic hydroxyl groups is 1. The highest BCUT2D eigenvalue weighted by Crippen LogP contribution is 2.24. The normalized spacial score (nSPS) is 11.0. The third-order valence-electron chi connectivity index (χ3n) is 4.51. The molecule has 2 N–H and O–H groups in total. The molecule has 0 unspecified atom stereocenters. The smallest absolute Gasteiger partial charge is 0.275 e. The fraction of sp³-hybridized carbons (Fsp3) is 0.182. The molecule has 5 heteroatoms. The highest BCUT2D eigenvalue weighted by Gasteiger charge is 2.11. The molecule has 0 aliphatic heterocycles. The van der Waals surface area contributed by atoms with Crippen molar-refractivity contribution in [2.45, 2.75) is 13.8 Å². The van der Waals surface area contributed by atoms with E-state index >= 15 is 0 Å². The number of hydrogen-bond donors (Lipinski definition) is 2. The lowest BCUT2D eigenvalue weighted by atomic mass is 10.1. The Bertz CT molecular complexity index is 961. The molecular weight excluding hydrogens is 338 g/mol. The molecule has 3 aromatic rings. The maximum atomic E-state index is 12.3. The van der Waals surface area contributed by atoms with E-state index in [0.717, 1.165) is 35.1 Å². The molecule has 138 valence electrons. The summed E-state index contributed by atoms with van der Waals surface area (Å²) in [5.41, 5.74) is 4.71. The Morgan fingerprint density at radius 2 is 1.67 bits per heavy atom. The number of anilines is 1. The number of hydrogen-bond acceptors (Lipinski definition) is 4. The van der Waals surface area contributed by atoms with E-state index in [0.29, 0.717) is 0 Å². The van der Waals surface area contributed by atoms with Crippen LogP contribution >= 0.6 is 0 Å². The van der Waals surface area contributed by atoms with E-state index in [2.05, 4.69) is 29.3 Å². The van der Waals surface area contributed by atoms with Gasteiger partial charge in [-0.2, -0.15) is 5.10 Å². The third kappa shape index (κ3) is 4.26. The van der Waals surface area contributed by atoms with Gasteiger partial charge in [-0.1, -0.05) is 36.4 Å². The number of carbonyl (C=O) groups excluding carboxylic acids is 1. The number of fused-ring (bicyclic) bond motifs is 1. The average molecular weight is 361 g/mol. The summed E-state index contributed by atoms with van der Waals surface area (Å²) >= 11 is 0. The second kappa shape index (κ2) is 8.36. The number of rotatable bonds is 6. The van der Waals surface area contributed by atoms with Crippen molar-refractivity contribution in [3.05, 3.63) is 71.8 Å². The Hall–Kier alpha value is -3.34. The topological polar surface area (TPSA) is 64.9 Å². The van der Waals surface area contributed by atoms with Gasteiger partial charge >= 0.3 is 0 Å². The first kappa shape index (κ1) is 18.5. The molecule has 3 aromatic carbocycles. The zero-order valence-corrected chi connectivity index (χ0v) is 15.5. The van der Waals surface area contributed by atoms with Gasteiger partial charge in [0.05, 0.1) is 11.8 Å². The highest BCUT2D eigenvalue weighted by atomic mass is 16.3. The van der Waals surface area contributed by atoms with Crippen LogP contribution in [0.2, 0.25) is 0 Å². The lowest BCUT2D eigenvalue weighted by Crippen LogP contribution is -2.21. The quantitative estimate of drug-likeness (QED) is 0.512. The van der Waals surface area contributed by atoms with Gasteiger partial charge in [0.15, 0.2) is 0 Å². The highest BCUT2D eigenvalue weighted by molar-refractivity contribution is 6.01. The molecule has 0 saturated carbocycles. The molecule has 5 nitrogen and oxygen atoms in total. The number of hydrazone groups is 1. The van der Waals surface area contributed by atoms with Crippen LogP contribution in [0.5, 0.6) is 5.75 Å². The standard InChI is InChI=1S/C22H23N3O2/c1-3-25(4-2)19-11-9-16(10-12-19)15-23-24-22(27)20-13-17-7-5-6-8-18(17)14-21(20)26/h5-15,26H,3-4H2,1-2H3,(H,24,27)/b23-15-. The van der Waals surface area contributed by atoms with Gasteiger partial charge in [-0.3, -0.25) is 4.79 Å². The van der Waals surface area contributed by atoms with Gasteiger partial charge in [0.1, 0.15) is 5.75 Å². The number of amides is 1. The first-order valence-corrected chi connectivity index (χ1v) is 9.02. The predicted octanol–water partition coefficient (Wildman–Crippen LogP) is 4.16. The molecule has 0 atom stereocenters. The van der Waals surface area contributed by atoms with Crippen LogP contribution in [-0.2, 0) is 0 Å². The molecule has 0 fully saturated rings. The molecule has 0 heterocycles. The van der Waals surface area contributed by atoms with E-state index in [1.54, 1.807) is 18.3 Å². The van der Waals surface area contributed by atoms with Crippen LogP contribution < -0.4 is 10.3 Å². The summed E-state index contributed by atoms with van der Waals surface area (Å²) in [6, 6.07) is 18.8. The second-order valence-electron chi connectivity index (χ2n) is 6.18. The fourth-order valence-electron chi connectivity index (χ4n) is 3.00. The Labute approximate surface area is 158 Å². The number of benzene rings is 3. The van der Waals surface area contributed by atoms with Crippen LogP contribution in [-0.4, -0.2) is 30.3 Å². The Balaban J connectivity index is 1.69. The minimum atomic E-state index is -0.450. The molecule has 0 aliphatic rings. The van der Waals surface area contributed by atoms with Crippen LogP contribution in [0.1, 0.15) is 29.8 Å². The van der Waals surface area contributed by atoms with Gasteiger partial charge < -0.3 is 10.0 Å². The molecule has 0 bridgehead atoms. The van der Waals surface area contributed by atoms with Crippen LogP contribution in [0.4, 0.5) is 5.69 Å². The summed E-state index contributed by atoms with van der Waals surface area (Å²) in [5, 5.41) is 15.9. The van der Waals surface area contributed by atoms with Crippen molar-refractivity contribution in [3.8, 4) is 5.75 Å². The van der Waals surface area contributed by atoms with Crippen molar-refractivity contribution in [3.63, 3.8) is 0 Å². The molecule has 0 aliphatic carbocycles. The summed E-state index contributed by atoms with van der Waals surface area (Å²) in [6.45, 7) is 6.15. The van der Waals surface area contributed by atoms with Crippen LogP contribution in [0.15, 0.2) is 65.8 Å². The molecule has 0 aromatic heterocycles. The molecular formula is C22H23N3O2. The first-order chi connectivity index (χ1) is 13.1. The van der Waals surface area contributed by atoms with Crippen molar-refractivity contribution >= 4 is 28.6 Å². The average Bonchev–Trinajstić information content (AvgIpc) is 2.69. The summed E-state index contributed by atoms with van der Waals surface area (Å²) in [5.74, 6) is -0.515. The largest absolute Gasteiger partial charge is 0.507 e. The van der Waals surface area contributed by atoms with E-state index in [1.807, 2.05) is 48.5 Å². The summed E-state index contributed by atoms with van der Waals surface area (Å²) < 4.78 is 0. The fourth-order valence-corrected chi connectivity index (χ4v) is 3.00. The maximum absolute atomic E-state index is 12.3. The monoisotopic (exact) mass is 361 g/mol. The zero-order valence-electron chi connectivity index (χ0n) is 15.5. The minimum absolute atomic E-state index is 0.0648. The Kier molecular flexibility index (Phi) is 5.71. The summed E-state index contributed by atoms with van der Waals surface area (Å²) in [4.78, 5) is 14.6. The summed E-state index contributed by atoms with van der Waals surface area (Å²) in [7, 11) is 0. The van der Waals surface area contributed by atoms with Gasteiger partial charge in [-0.15, -0.1) is 0 Å². The molecule has 1 amide bonds. The Morgan fingerprint density at radius 3 is 2.30 bits per heavy atom. The van der Waals surface area contributed by atoms with E-state index < -0.39 is 5.91 Å². The van der Waals surface area contributed by atoms with Gasteiger partial charge in [0.2, 0.25) is 0 Å². The van der Waals surface area contributed by atoms with Gasteiger partial charge in [0, 0.05) is 18.8 Å². The number of carbonyl (C=O) groups is 1. The van der Waals surface area contributed by atoms with Crippen molar-refractivity contribution < 1.29 is 9.90 Å². The SMILES string of the molecule is CCN(CC)c1ccc(/C=N\NC(=O)c2cc3ccccc3cc2O)cc1. The van der Waals surface area contributed by atoms with E-state index in [1.165, 1.54) is 0 Å². The zero-order chi connectivity index (χ0) is 19.2. The second-order valence-corrected chi connectivity index (χ2v) is 6.18. The van der Waals surface area contributed by atoms with E-state index in [9.17, 15) is 9.90 Å². The molecule has 0 saturated heterocycles. The third-order valence-corrected chi connectivity index (χ3v) is 4.51. The molecule has 0 radical (unpaired) electrons. The van der Waals surface area contributed by atoms with Gasteiger partial charge in [-0.05, 0) is 54.4 Å².